The highest BCUT2D eigenvalue weighted by Gasteiger charge is 2.49. The molecule has 1 aliphatic carbocycles. The molecular formula is C47H56ClF3N5O6PS2. The van der Waals surface area contributed by atoms with Gasteiger partial charge < -0.3 is 19.8 Å². The van der Waals surface area contributed by atoms with Crippen molar-refractivity contribution >= 4 is 68.9 Å². The highest BCUT2D eigenvalue weighted by molar-refractivity contribution is 7.99. The number of morpholine rings is 1. The minimum atomic E-state index is -6.02. The molecule has 2 fully saturated rings. The first-order valence-corrected chi connectivity index (χ1v) is 26.3. The van der Waals surface area contributed by atoms with E-state index in [2.05, 4.69) is 51.1 Å². The molecule has 2 atom stereocenters. The lowest BCUT2D eigenvalue weighted by Gasteiger charge is -2.39. The summed E-state index contributed by atoms with van der Waals surface area (Å²) in [6.07, 6.45) is 3.63. The van der Waals surface area contributed by atoms with Crippen LogP contribution in [0.5, 0.6) is 0 Å². The average molecular weight is 975 g/mol. The minimum Gasteiger partial charge on any atom is -0.380 e. The Hall–Kier alpha value is -3.86. The van der Waals surface area contributed by atoms with Gasteiger partial charge in [-0.15, -0.1) is 11.8 Å². The molecule has 3 N–H and O–H groups in total. The number of nitrogens with one attached hydrogen (secondary N) is 2. The molecular weight excluding hydrogens is 918 g/mol. The molecule has 4 aromatic rings. The predicted octanol–water partition coefficient (Wildman–Crippen LogP) is 8.96. The second-order valence-electron chi connectivity index (χ2n) is 17.6. The zero-order valence-corrected chi connectivity index (χ0v) is 39.8. The van der Waals surface area contributed by atoms with Crippen LogP contribution in [-0.4, -0.2) is 112 Å². The molecule has 0 saturated carbocycles. The third kappa shape index (κ3) is 12.8. The van der Waals surface area contributed by atoms with Crippen molar-refractivity contribution < 1.29 is 40.6 Å². The number of allylic oxidation sites excluding steroid dienone is 1. The van der Waals surface area contributed by atoms with E-state index in [1.807, 2.05) is 42.5 Å². The number of hydrogen-bond acceptors (Lipinski definition) is 10. The zero-order chi connectivity index (χ0) is 46.4. The van der Waals surface area contributed by atoms with Crippen molar-refractivity contribution in [2.45, 2.75) is 60.9 Å². The molecule has 65 heavy (non-hydrogen) atoms. The number of benzene rings is 4. The lowest BCUT2D eigenvalue weighted by atomic mass is 9.73. The maximum absolute atomic E-state index is 14.2. The van der Waals surface area contributed by atoms with Crippen LogP contribution in [0.2, 0.25) is 5.02 Å². The first-order chi connectivity index (χ1) is 30.9. The van der Waals surface area contributed by atoms with Crippen molar-refractivity contribution in [2.24, 2.45) is 5.41 Å². The van der Waals surface area contributed by atoms with Gasteiger partial charge in [-0.2, -0.15) is 13.2 Å². The van der Waals surface area contributed by atoms with E-state index in [0.717, 1.165) is 79.7 Å². The van der Waals surface area contributed by atoms with E-state index in [9.17, 15) is 35.8 Å². The molecule has 1 unspecified atom stereocenters. The van der Waals surface area contributed by atoms with Gasteiger partial charge in [0.1, 0.15) is 4.90 Å². The Morgan fingerprint density at radius 3 is 2.26 bits per heavy atom. The number of hydrogen-bond donors (Lipinski definition) is 3. The summed E-state index contributed by atoms with van der Waals surface area (Å²) in [6, 6.07) is 26.2. The van der Waals surface area contributed by atoms with Gasteiger partial charge in [0.25, 0.3) is 15.7 Å². The van der Waals surface area contributed by atoms with Gasteiger partial charge in [-0.1, -0.05) is 61.4 Å². The number of halogens is 4. The van der Waals surface area contributed by atoms with Crippen LogP contribution in [0.25, 0.3) is 5.57 Å². The van der Waals surface area contributed by atoms with E-state index in [-0.39, 0.29) is 16.7 Å². The van der Waals surface area contributed by atoms with E-state index in [4.69, 9.17) is 16.3 Å². The molecule has 2 heterocycles. The molecule has 0 radical (unpaired) electrons. The summed E-state index contributed by atoms with van der Waals surface area (Å²) < 4.78 is 87.9. The van der Waals surface area contributed by atoms with E-state index in [1.165, 1.54) is 40.6 Å². The Kier molecular flexibility index (Phi) is 15.8. The highest BCUT2D eigenvalue weighted by Crippen LogP contribution is 2.43. The van der Waals surface area contributed by atoms with Gasteiger partial charge >= 0.3 is 13.0 Å². The number of thioether (sulfide) groups is 1. The molecule has 2 saturated heterocycles. The second kappa shape index (κ2) is 21.0. The summed E-state index contributed by atoms with van der Waals surface area (Å²) in [4.78, 5) is 31.1. The van der Waals surface area contributed by atoms with Crippen molar-refractivity contribution in [1.82, 2.24) is 14.9 Å². The van der Waals surface area contributed by atoms with Gasteiger partial charge in [0.15, 0.2) is 0 Å². The van der Waals surface area contributed by atoms with E-state index in [0.29, 0.717) is 51.1 Å². The molecule has 0 bridgehead atoms. The molecule has 3 aliphatic rings. The van der Waals surface area contributed by atoms with Crippen LogP contribution in [-0.2, 0) is 19.1 Å². The Morgan fingerprint density at radius 2 is 1.60 bits per heavy atom. The molecule has 0 spiro atoms. The third-order valence-corrected chi connectivity index (χ3v) is 16.7. The highest BCUT2D eigenvalue weighted by atomic mass is 35.5. The summed E-state index contributed by atoms with van der Waals surface area (Å²) in [5, 5.41) is 5.11. The van der Waals surface area contributed by atoms with Gasteiger partial charge in [0.05, 0.1) is 24.2 Å². The molecule has 11 nitrogen and oxygen atoms in total. The summed E-state index contributed by atoms with van der Waals surface area (Å²) >= 11 is 7.65. The standard InChI is InChI=1S/C47H56ClF3N5O6PS2/c1-46(2)20-18-42(34-8-12-37(48)13-9-34)36(31-46)32-55-22-24-56(25-23-55)39-14-10-35(11-15-39)45(57)53-63(58,59)40-16-17-43(44(30-40)65(60,61)47(49,50)51)52-38(19-21-54-26-28-62-29-27-54)33-64-41-6-4-3-5-7-41/h3-17,30,38,52H,18-29,31-33H2,1-2H3,(H2,53,57,58,59)/t38-/m1/s1. The summed E-state index contributed by atoms with van der Waals surface area (Å²) in [6.45, 7) is 11.7. The molecule has 4 aromatic carbocycles. The van der Waals surface area contributed by atoms with E-state index < -0.39 is 45.0 Å². The lowest BCUT2D eigenvalue weighted by molar-refractivity contribution is -0.0435. The molecule has 1 amide bonds. The average Bonchev–Trinajstić information content (AvgIpc) is 3.28. The van der Waals surface area contributed by atoms with Gasteiger partial charge in [-0.05, 0) is 109 Å². The monoisotopic (exact) mass is 973 g/mol. The van der Waals surface area contributed by atoms with Crippen molar-refractivity contribution in [3.05, 3.63) is 119 Å². The van der Waals surface area contributed by atoms with Crippen molar-refractivity contribution in [3.8, 4) is 0 Å². The third-order valence-electron chi connectivity index (χ3n) is 12.3. The Labute approximate surface area is 389 Å². The number of amides is 1. The second-order valence-corrected chi connectivity index (χ2v) is 22.9. The van der Waals surface area contributed by atoms with Crippen LogP contribution in [0.3, 0.4) is 0 Å². The first-order valence-electron chi connectivity index (χ1n) is 21.8. The quantitative estimate of drug-likeness (QED) is 0.0735. The number of sulfone groups is 1. The van der Waals surface area contributed by atoms with Crippen LogP contribution in [0.4, 0.5) is 24.5 Å². The lowest BCUT2D eigenvalue weighted by Crippen LogP contribution is -2.47. The Balaban J connectivity index is 1.02. The van der Waals surface area contributed by atoms with Crippen molar-refractivity contribution in [3.63, 3.8) is 0 Å². The fraction of sp³-hybridized carbons (Fsp3) is 0.426. The molecule has 2 aliphatic heterocycles. The number of carbonyl (C=O) groups is 1. The van der Waals surface area contributed by atoms with Crippen LogP contribution in [0, 0.1) is 5.41 Å². The topological polar surface area (TPSA) is 132 Å². The summed E-state index contributed by atoms with van der Waals surface area (Å²) in [5.41, 5.74) is -0.875. The SMILES string of the molecule is CC1(C)CCC(c2ccc(Cl)cc2)=C(CN2CCN(c3ccc(C(=O)NP(=O)(O)c4ccc(N[C@H](CCN5CCOCC5)CSc5ccccc5)c(S(=O)(=O)C(F)(F)F)c4)cc3)CC2)C1. The van der Waals surface area contributed by atoms with Gasteiger partial charge in [0.2, 0.25) is 0 Å². The van der Waals surface area contributed by atoms with Crippen molar-refractivity contribution in [1.29, 1.82) is 0 Å². The molecule has 18 heteroatoms. The van der Waals surface area contributed by atoms with Crippen molar-refractivity contribution in [2.75, 3.05) is 81.5 Å². The largest absolute Gasteiger partial charge is 0.501 e. The van der Waals surface area contributed by atoms with Crippen LogP contribution >= 0.6 is 30.9 Å². The van der Waals surface area contributed by atoms with Crippen LogP contribution in [0.1, 0.15) is 55.5 Å². The number of rotatable bonds is 16. The number of nitrogens with zero attached hydrogens (tertiary/aromatic N) is 3. The summed E-state index contributed by atoms with van der Waals surface area (Å²) in [5.74, 6) is -0.564. The molecule has 350 valence electrons. The number of ether oxygens (including phenoxy) is 1. The molecule has 7 rings (SSSR count). The van der Waals surface area contributed by atoms with Gasteiger partial charge in [0, 0.05) is 85.3 Å². The smallest absolute Gasteiger partial charge is 0.380 e. The van der Waals surface area contributed by atoms with Gasteiger partial charge in [-0.25, -0.2) is 8.42 Å². The number of anilines is 2. The normalized spacial score (nSPS) is 19.1. The van der Waals surface area contributed by atoms with E-state index in [1.54, 1.807) is 12.1 Å². The predicted molar refractivity (Wildman–Crippen MR) is 254 cm³/mol. The minimum absolute atomic E-state index is 0.0451. The summed E-state index contributed by atoms with van der Waals surface area (Å²) in [7, 11) is -11.0. The Bertz CT molecular complexity index is 2470. The number of alkyl halides is 3. The van der Waals surface area contributed by atoms with Crippen LogP contribution < -0.4 is 20.6 Å². The number of piperazine rings is 1. The molecule has 0 aromatic heterocycles. The number of carbonyl (C=O) groups excluding carboxylic acids is 1. The fourth-order valence-electron chi connectivity index (χ4n) is 8.55. The fourth-order valence-corrected chi connectivity index (χ4v) is 11.8. The zero-order valence-electron chi connectivity index (χ0n) is 36.5. The maximum atomic E-state index is 14.2. The van der Waals surface area contributed by atoms with Gasteiger partial charge in [-0.3, -0.25) is 24.2 Å². The first kappa shape index (κ1) is 49.1. The van der Waals surface area contributed by atoms with E-state index >= 15 is 0 Å². The van der Waals surface area contributed by atoms with Crippen LogP contribution in [0.15, 0.2) is 112 Å². The Morgan fingerprint density at radius 1 is 0.923 bits per heavy atom. The maximum Gasteiger partial charge on any atom is 0.501 e.